The second-order valence-electron chi connectivity index (χ2n) is 6.26. The second-order valence-corrected chi connectivity index (χ2v) is 6.26. The molecule has 1 N–H and O–H groups in total. The molecule has 1 aliphatic heterocycles. The number of carbonyl (C=O) groups is 1. The van der Waals surface area contributed by atoms with Crippen molar-refractivity contribution in [2.75, 3.05) is 11.4 Å². The van der Waals surface area contributed by atoms with Gasteiger partial charge in [-0.05, 0) is 52.2 Å². The van der Waals surface area contributed by atoms with Gasteiger partial charge in [0.1, 0.15) is 5.60 Å². The number of hydrogen-bond acceptors (Lipinski definition) is 4. The Labute approximate surface area is 125 Å². The summed E-state index contributed by atoms with van der Waals surface area (Å²) in [5.74, 6) is 0. The third kappa shape index (κ3) is 3.54. The lowest BCUT2D eigenvalue weighted by Crippen LogP contribution is -2.39. The van der Waals surface area contributed by atoms with Gasteiger partial charge in [-0.2, -0.15) is 0 Å². The van der Waals surface area contributed by atoms with E-state index in [1.54, 1.807) is 11.8 Å². The Morgan fingerprint density at radius 3 is 2.71 bits per heavy atom. The number of fused-ring (bicyclic) bond motifs is 1. The summed E-state index contributed by atoms with van der Waals surface area (Å²) in [6, 6.07) is 5.77. The van der Waals surface area contributed by atoms with Crippen LogP contribution in [0.25, 0.3) is 0 Å². The van der Waals surface area contributed by atoms with Crippen molar-refractivity contribution in [3.8, 4) is 0 Å². The van der Waals surface area contributed by atoms with Crippen molar-refractivity contribution >= 4 is 17.5 Å². The fourth-order valence-electron chi connectivity index (χ4n) is 2.36. The van der Waals surface area contributed by atoms with E-state index >= 15 is 0 Å². The van der Waals surface area contributed by atoms with E-state index in [1.165, 1.54) is 0 Å². The minimum atomic E-state index is -0.519. The SMILES string of the molecule is C/C(=N/O)c1ccc2c(c1)N(C(=O)OC(C)(C)C)CCC2. The Morgan fingerprint density at radius 1 is 1.38 bits per heavy atom. The normalized spacial score (nSPS) is 15.6. The maximum atomic E-state index is 12.4. The number of anilines is 1. The molecule has 0 saturated heterocycles. The first kappa shape index (κ1) is 15.4. The number of rotatable bonds is 1. The molecule has 1 aromatic carbocycles. The Hall–Kier alpha value is -2.04. The van der Waals surface area contributed by atoms with Crippen LogP contribution in [0.1, 0.15) is 45.2 Å². The van der Waals surface area contributed by atoms with Crippen LogP contribution in [0.4, 0.5) is 10.5 Å². The lowest BCUT2D eigenvalue weighted by molar-refractivity contribution is 0.0578. The van der Waals surface area contributed by atoms with Gasteiger partial charge < -0.3 is 9.94 Å². The van der Waals surface area contributed by atoms with Crippen molar-refractivity contribution in [1.29, 1.82) is 0 Å². The number of oxime groups is 1. The quantitative estimate of drug-likeness (QED) is 0.488. The summed E-state index contributed by atoms with van der Waals surface area (Å²) in [6.45, 7) is 7.93. The Bertz CT molecular complexity index is 573. The fraction of sp³-hybridized carbons (Fsp3) is 0.500. The summed E-state index contributed by atoms with van der Waals surface area (Å²) >= 11 is 0. The van der Waals surface area contributed by atoms with E-state index in [2.05, 4.69) is 5.16 Å². The van der Waals surface area contributed by atoms with Gasteiger partial charge in [0, 0.05) is 12.1 Å². The van der Waals surface area contributed by atoms with E-state index in [-0.39, 0.29) is 6.09 Å². The Morgan fingerprint density at radius 2 is 2.10 bits per heavy atom. The maximum absolute atomic E-state index is 12.4. The van der Waals surface area contributed by atoms with Gasteiger partial charge in [-0.3, -0.25) is 4.90 Å². The molecule has 0 saturated carbocycles. The molecule has 1 heterocycles. The van der Waals surface area contributed by atoms with Crippen LogP contribution in [0.3, 0.4) is 0 Å². The Kier molecular flexibility index (Phi) is 4.21. The summed E-state index contributed by atoms with van der Waals surface area (Å²) in [6.07, 6.45) is 1.52. The number of carbonyl (C=O) groups excluding carboxylic acids is 1. The summed E-state index contributed by atoms with van der Waals surface area (Å²) < 4.78 is 5.47. The zero-order valence-electron chi connectivity index (χ0n) is 13.0. The van der Waals surface area contributed by atoms with Crippen LogP contribution in [0.2, 0.25) is 0 Å². The largest absolute Gasteiger partial charge is 0.443 e. The number of benzene rings is 1. The first-order valence-corrected chi connectivity index (χ1v) is 7.14. The van der Waals surface area contributed by atoms with E-state index in [1.807, 2.05) is 39.0 Å². The third-order valence-corrected chi connectivity index (χ3v) is 3.39. The second kappa shape index (κ2) is 5.76. The summed E-state index contributed by atoms with van der Waals surface area (Å²) in [5, 5.41) is 12.1. The average molecular weight is 290 g/mol. The van der Waals surface area contributed by atoms with Gasteiger partial charge in [-0.25, -0.2) is 4.79 Å². The van der Waals surface area contributed by atoms with Gasteiger partial charge in [-0.15, -0.1) is 0 Å². The van der Waals surface area contributed by atoms with E-state index in [4.69, 9.17) is 9.94 Å². The molecule has 0 spiro atoms. The molecule has 5 nitrogen and oxygen atoms in total. The number of aryl methyl sites for hydroxylation is 1. The molecule has 1 amide bonds. The summed E-state index contributed by atoms with van der Waals surface area (Å²) in [7, 11) is 0. The molecule has 0 atom stereocenters. The van der Waals surface area contributed by atoms with Crippen LogP contribution >= 0.6 is 0 Å². The summed E-state index contributed by atoms with van der Waals surface area (Å²) in [5.41, 5.74) is 2.76. The highest BCUT2D eigenvalue weighted by Gasteiger charge is 2.27. The smallest absolute Gasteiger partial charge is 0.414 e. The van der Waals surface area contributed by atoms with Crippen molar-refractivity contribution in [2.45, 2.75) is 46.1 Å². The van der Waals surface area contributed by atoms with E-state index in [9.17, 15) is 4.79 Å². The molecular weight excluding hydrogens is 268 g/mol. The molecule has 0 fully saturated rings. The van der Waals surface area contributed by atoms with Gasteiger partial charge in [0.2, 0.25) is 0 Å². The topological polar surface area (TPSA) is 62.1 Å². The van der Waals surface area contributed by atoms with Crippen molar-refractivity contribution in [3.63, 3.8) is 0 Å². The molecule has 1 aliphatic rings. The van der Waals surface area contributed by atoms with Crippen LogP contribution < -0.4 is 4.90 Å². The fourth-order valence-corrected chi connectivity index (χ4v) is 2.36. The van der Waals surface area contributed by atoms with E-state index in [0.717, 1.165) is 29.7 Å². The monoisotopic (exact) mass is 290 g/mol. The van der Waals surface area contributed by atoms with Gasteiger partial charge in [0.25, 0.3) is 0 Å². The van der Waals surface area contributed by atoms with Crippen LogP contribution in [0, 0.1) is 0 Å². The zero-order valence-corrected chi connectivity index (χ0v) is 13.0. The molecule has 5 heteroatoms. The van der Waals surface area contributed by atoms with Crippen LogP contribution in [0.5, 0.6) is 0 Å². The van der Waals surface area contributed by atoms with Crippen molar-refractivity contribution < 1.29 is 14.7 Å². The van der Waals surface area contributed by atoms with Crippen LogP contribution in [-0.2, 0) is 11.2 Å². The molecule has 0 aliphatic carbocycles. The molecule has 114 valence electrons. The molecule has 2 rings (SSSR count). The average Bonchev–Trinajstić information content (AvgIpc) is 2.43. The highest BCUT2D eigenvalue weighted by Crippen LogP contribution is 2.30. The number of nitrogens with zero attached hydrogens (tertiary/aromatic N) is 2. The molecular formula is C16H22N2O3. The lowest BCUT2D eigenvalue weighted by atomic mass is 9.98. The first-order valence-electron chi connectivity index (χ1n) is 7.14. The van der Waals surface area contributed by atoms with Gasteiger partial charge in [0.15, 0.2) is 0 Å². The van der Waals surface area contributed by atoms with Crippen molar-refractivity contribution in [1.82, 2.24) is 0 Å². The molecule has 0 bridgehead atoms. The number of amides is 1. The standard InChI is InChI=1S/C16H22N2O3/c1-11(17-20)13-8-7-12-6-5-9-18(14(12)10-13)15(19)21-16(2,3)4/h7-8,10,20H,5-6,9H2,1-4H3/b17-11-. The molecule has 0 unspecified atom stereocenters. The first-order chi connectivity index (χ1) is 9.81. The molecule has 0 aromatic heterocycles. The van der Waals surface area contributed by atoms with Crippen molar-refractivity contribution in [2.24, 2.45) is 5.16 Å². The zero-order chi connectivity index (χ0) is 15.6. The van der Waals surface area contributed by atoms with Crippen molar-refractivity contribution in [3.05, 3.63) is 29.3 Å². The molecule has 0 radical (unpaired) electrons. The number of ether oxygens (including phenoxy) is 1. The minimum absolute atomic E-state index is 0.334. The van der Waals surface area contributed by atoms with Crippen LogP contribution in [-0.4, -0.2) is 29.2 Å². The van der Waals surface area contributed by atoms with Gasteiger partial charge in [0.05, 0.1) is 11.4 Å². The minimum Gasteiger partial charge on any atom is -0.443 e. The summed E-state index contributed by atoms with van der Waals surface area (Å²) in [4.78, 5) is 14.0. The van der Waals surface area contributed by atoms with Crippen LogP contribution in [0.15, 0.2) is 23.4 Å². The third-order valence-electron chi connectivity index (χ3n) is 3.39. The number of hydrogen-bond donors (Lipinski definition) is 1. The molecule has 1 aromatic rings. The maximum Gasteiger partial charge on any atom is 0.414 e. The van der Waals surface area contributed by atoms with Gasteiger partial charge in [-0.1, -0.05) is 17.3 Å². The lowest BCUT2D eigenvalue weighted by Gasteiger charge is -2.32. The predicted molar refractivity (Wildman–Crippen MR) is 82.3 cm³/mol. The highest BCUT2D eigenvalue weighted by molar-refractivity contribution is 6.00. The van der Waals surface area contributed by atoms with E-state index in [0.29, 0.717) is 12.3 Å². The predicted octanol–water partition coefficient (Wildman–Crippen LogP) is 3.57. The molecule has 21 heavy (non-hydrogen) atoms. The van der Waals surface area contributed by atoms with E-state index < -0.39 is 5.60 Å². The van der Waals surface area contributed by atoms with Gasteiger partial charge >= 0.3 is 6.09 Å². The highest BCUT2D eigenvalue weighted by atomic mass is 16.6. The Balaban J connectivity index is 2.35.